The highest BCUT2D eigenvalue weighted by Gasteiger charge is 2.27. The number of nitrogens with zero attached hydrogens (tertiary/aromatic N) is 3. The number of hydrogen-bond acceptors (Lipinski definition) is 5. The van der Waals surface area contributed by atoms with E-state index in [0.717, 1.165) is 42.8 Å². The highest BCUT2D eigenvalue weighted by Crippen LogP contribution is 2.28. The molecule has 0 spiro atoms. The monoisotopic (exact) mass is 476 g/mol. The second kappa shape index (κ2) is 10.8. The molecule has 2 aromatic rings. The Morgan fingerprint density at radius 2 is 2.27 bits per heavy atom. The van der Waals surface area contributed by atoms with Gasteiger partial charge in [-0.15, -0.1) is 0 Å². The van der Waals surface area contributed by atoms with E-state index in [1.165, 1.54) is 12.1 Å². The molecule has 4 rings (SSSR count). The highest BCUT2D eigenvalue weighted by molar-refractivity contribution is 6.30. The van der Waals surface area contributed by atoms with Crippen LogP contribution in [0.25, 0.3) is 0 Å². The molecule has 3 atom stereocenters. The van der Waals surface area contributed by atoms with E-state index in [2.05, 4.69) is 10.3 Å². The fraction of sp³-hybridized carbons (Fsp3) is 0.542. The van der Waals surface area contributed by atoms with E-state index in [9.17, 15) is 14.3 Å². The number of aliphatic hydroxyl groups excluding tert-OH is 1. The van der Waals surface area contributed by atoms with E-state index in [-0.39, 0.29) is 23.8 Å². The molecule has 1 saturated carbocycles. The Morgan fingerprint density at radius 1 is 1.42 bits per heavy atom. The van der Waals surface area contributed by atoms with Gasteiger partial charge in [-0.2, -0.15) is 0 Å². The van der Waals surface area contributed by atoms with Gasteiger partial charge in [-0.1, -0.05) is 17.7 Å². The molecule has 9 heteroatoms. The summed E-state index contributed by atoms with van der Waals surface area (Å²) in [5.41, 5.74) is 2.61. The van der Waals surface area contributed by atoms with Crippen LogP contribution >= 0.6 is 11.6 Å². The lowest BCUT2D eigenvalue weighted by Crippen LogP contribution is -2.45. The summed E-state index contributed by atoms with van der Waals surface area (Å²) in [4.78, 5) is 24.1. The molecule has 0 unspecified atom stereocenters. The van der Waals surface area contributed by atoms with E-state index in [1.807, 2.05) is 13.1 Å². The number of aromatic nitrogens is 2. The number of urea groups is 1. The molecular weight excluding hydrogens is 447 g/mol. The minimum Gasteiger partial charge on any atom is -0.393 e. The first kappa shape index (κ1) is 23.9. The molecule has 2 heterocycles. The molecule has 178 valence electrons. The van der Waals surface area contributed by atoms with Gasteiger partial charge in [0.25, 0.3) is 0 Å². The predicted octanol–water partition coefficient (Wildman–Crippen LogP) is 3.82. The predicted molar refractivity (Wildman–Crippen MR) is 122 cm³/mol. The minimum atomic E-state index is -0.503. The molecule has 2 amide bonds. The van der Waals surface area contributed by atoms with Gasteiger partial charge in [-0.25, -0.2) is 19.2 Å². The number of ether oxygens (including phenoxy) is 1. The molecule has 2 N–H and O–H groups in total. The summed E-state index contributed by atoms with van der Waals surface area (Å²) in [7, 11) is 0. The van der Waals surface area contributed by atoms with Gasteiger partial charge in [0.2, 0.25) is 0 Å². The Balaban J connectivity index is 1.43. The number of aliphatic hydroxyl groups is 1. The zero-order valence-electron chi connectivity index (χ0n) is 18.8. The van der Waals surface area contributed by atoms with Gasteiger partial charge in [0, 0.05) is 25.8 Å². The van der Waals surface area contributed by atoms with Crippen LogP contribution in [0.1, 0.15) is 54.9 Å². The van der Waals surface area contributed by atoms with Gasteiger partial charge in [0.05, 0.1) is 36.0 Å². The van der Waals surface area contributed by atoms with E-state index < -0.39 is 11.9 Å². The van der Waals surface area contributed by atoms with Crippen molar-refractivity contribution in [3.63, 3.8) is 0 Å². The van der Waals surface area contributed by atoms with E-state index in [4.69, 9.17) is 21.3 Å². The van der Waals surface area contributed by atoms with Crippen molar-refractivity contribution in [3.05, 3.63) is 57.9 Å². The van der Waals surface area contributed by atoms with Crippen LogP contribution in [-0.2, 0) is 24.1 Å². The number of amides is 2. The largest absolute Gasteiger partial charge is 0.393 e. The summed E-state index contributed by atoms with van der Waals surface area (Å²) in [6, 6.07) is 3.74. The van der Waals surface area contributed by atoms with Gasteiger partial charge < -0.3 is 20.1 Å². The first-order chi connectivity index (χ1) is 15.9. The fourth-order valence-corrected chi connectivity index (χ4v) is 4.72. The van der Waals surface area contributed by atoms with Gasteiger partial charge in [0.15, 0.2) is 0 Å². The Bertz CT molecular complexity index is 992. The zero-order valence-corrected chi connectivity index (χ0v) is 19.5. The number of hydrogen-bond donors (Lipinski definition) is 2. The third-order valence-electron chi connectivity index (χ3n) is 6.40. The van der Waals surface area contributed by atoms with Crippen LogP contribution in [0.3, 0.4) is 0 Å². The van der Waals surface area contributed by atoms with Crippen LogP contribution in [0.5, 0.6) is 0 Å². The zero-order chi connectivity index (χ0) is 23.4. The number of rotatable bonds is 7. The molecule has 1 aliphatic carbocycles. The van der Waals surface area contributed by atoms with Crippen LogP contribution in [0, 0.1) is 11.7 Å². The summed E-state index contributed by atoms with van der Waals surface area (Å²) in [6.07, 6.45) is 5.71. The van der Waals surface area contributed by atoms with Crippen molar-refractivity contribution in [2.75, 3.05) is 19.8 Å². The van der Waals surface area contributed by atoms with Crippen molar-refractivity contribution in [2.24, 2.45) is 5.92 Å². The summed E-state index contributed by atoms with van der Waals surface area (Å²) in [6.45, 7) is 3.59. The number of fused-ring (bicyclic) bond motifs is 1. The second-order valence-corrected chi connectivity index (χ2v) is 9.21. The molecule has 0 saturated heterocycles. The summed E-state index contributed by atoms with van der Waals surface area (Å²) in [5, 5.41) is 12.8. The molecule has 2 aliphatic rings. The summed E-state index contributed by atoms with van der Waals surface area (Å²) >= 11 is 5.95. The first-order valence-electron chi connectivity index (χ1n) is 11.5. The first-order valence-corrected chi connectivity index (χ1v) is 11.9. The topological polar surface area (TPSA) is 87.6 Å². The lowest BCUT2D eigenvalue weighted by molar-refractivity contribution is 0.119. The standard InChI is InChI=1S/C24H30ClFN4O3/c1-2-33-14-22(16-4-6-20(26)19(25)11-16)29-24(32)30-8-7-17-12-27-23(28-21(17)13-30)10-15-3-5-18(31)9-15/h4,6,11-12,15,18,22,31H,2-3,5,7-10,13-14H2,1H3,(H,29,32)/t15-,18-,22+/m0/s1. The SMILES string of the molecule is CCOC[C@@H](NC(=O)N1CCc2cnc(C[C@H]3CC[C@H](O)C3)nc2C1)c1ccc(F)c(Cl)c1. The number of carbonyl (C=O) groups is 1. The van der Waals surface area contributed by atoms with Gasteiger partial charge in [-0.05, 0) is 61.8 Å². The smallest absolute Gasteiger partial charge is 0.318 e. The van der Waals surface area contributed by atoms with Crippen molar-refractivity contribution in [2.45, 2.75) is 57.7 Å². The summed E-state index contributed by atoms with van der Waals surface area (Å²) in [5.74, 6) is 0.672. The molecule has 7 nitrogen and oxygen atoms in total. The van der Waals surface area contributed by atoms with Crippen LogP contribution in [0.2, 0.25) is 5.02 Å². The van der Waals surface area contributed by atoms with E-state index in [1.54, 1.807) is 11.0 Å². The molecule has 0 radical (unpaired) electrons. The quantitative estimate of drug-likeness (QED) is 0.634. The van der Waals surface area contributed by atoms with Crippen molar-refractivity contribution in [1.29, 1.82) is 0 Å². The maximum Gasteiger partial charge on any atom is 0.318 e. The van der Waals surface area contributed by atoms with E-state index in [0.29, 0.717) is 37.6 Å². The molecule has 33 heavy (non-hydrogen) atoms. The summed E-state index contributed by atoms with van der Waals surface area (Å²) < 4.78 is 19.1. The van der Waals surface area contributed by atoms with Gasteiger partial charge >= 0.3 is 6.03 Å². The normalized spacial score (nSPS) is 21.0. The Kier molecular flexibility index (Phi) is 7.78. The van der Waals surface area contributed by atoms with Crippen LogP contribution in [-0.4, -0.2) is 51.9 Å². The van der Waals surface area contributed by atoms with Gasteiger partial charge in [-0.3, -0.25) is 0 Å². The number of halogens is 2. The van der Waals surface area contributed by atoms with Crippen LogP contribution in [0.15, 0.2) is 24.4 Å². The van der Waals surface area contributed by atoms with Crippen molar-refractivity contribution in [1.82, 2.24) is 20.2 Å². The van der Waals surface area contributed by atoms with E-state index >= 15 is 0 Å². The average Bonchev–Trinajstić information content (AvgIpc) is 3.22. The molecular formula is C24H30ClFN4O3. The van der Waals surface area contributed by atoms with Crippen molar-refractivity contribution >= 4 is 17.6 Å². The average molecular weight is 477 g/mol. The van der Waals surface area contributed by atoms with Crippen LogP contribution < -0.4 is 5.32 Å². The maximum absolute atomic E-state index is 13.6. The number of benzene rings is 1. The minimum absolute atomic E-state index is 0.00848. The number of nitrogens with one attached hydrogen (secondary N) is 1. The second-order valence-electron chi connectivity index (χ2n) is 8.80. The lowest BCUT2D eigenvalue weighted by atomic mass is 10.0. The molecule has 0 bridgehead atoms. The Labute approximate surface area is 198 Å². The third kappa shape index (κ3) is 5.99. The molecule has 1 aromatic heterocycles. The molecule has 1 aliphatic heterocycles. The maximum atomic E-state index is 13.6. The van der Waals surface area contributed by atoms with Crippen LogP contribution in [0.4, 0.5) is 9.18 Å². The molecule has 1 aromatic carbocycles. The van der Waals surface area contributed by atoms with Crippen molar-refractivity contribution in [3.8, 4) is 0 Å². The Morgan fingerprint density at radius 3 is 3.00 bits per heavy atom. The number of carbonyl (C=O) groups excluding carboxylic acids is 1. The Hall–Kier alpha value is -2.29. The highest BCUT2D eigenvalue weighted by atomic mass is 35.5. The van der Waals surface area contributed by atoms with Crippen molar-refractivity contribution < 1.29 is 19.0 Å². The van der Waals surface area contributed by atoms with Gasteiger partial charge in [0.1, 0.15) is 11.6 Å². The third-order valence-corrected chi connectivity index (χ3v) is 6.69. The lowest BCUT2D eigenvalue weighted by Gasteiger charge is -2.30. The molecule has 1 fully saturated rings. The fourth-order valence-electron chi connectivity index (χ4n) is 4.53.